The van der Waals surface area contributed by atoms with Crippen LogP contribution in [0.15, 0.2) is 46.2 Å². The van der Waals surface area contributed by atoms with E-state index in [4.69, 9.17) is 0 Å². The molecule has 0 N–H and O–H groups in total. The summed E-state index contributed by atoms with van der Waals surface area (Å²) in [5, 5.41) is 9.02. The average molecular weight is 511 g/mol. The minimum absolute atomic E-state index is 0.0783. The van der Waals surface area contributed by atoms with Gasteiger partial charge >= 0.3 is 0 Å². The first-order valence-electron chi connectivity index (χ1n) is 7.85. The normalized spacial score (nSPS) is 10.2. The zero-order chi connectivity index (χ0) is 20.1. The number of hydrogen-bond acceptors (Lipinski definition) is 5. The lowest BCUT2D eigenvalue weighted by molar-refractivity contribution is 0.240. The number of halogens is 1. The molecule has 5 nitrogen and oxygen atoms in total. The van der Waals surface area contributed by atoms with Crippen molar-refractivity contribution in [3.8, 4) is 17.2 Å². The molecule has 0 aliphatic rings. The Kier molecular flexibility index (Phi) is 7.59. The molecule has 0 bridgehead atoms. The van der Waals surface area contributed by atoms with Gasteiger partial charge < -0.3 is 9.80 Å². The quantitative estimate of drug-likeness (QED) is 0.409. The molecule has 0 spiro atoms. The third-order valence-corrected chi connectivity index (χ3v) is 6.34. The van der Waals surface area contributed by atoms with E-state index in [0.29, 0.717) is 10.5 Å². The van der Waals surface area contributed by atoms with Crippen LogP contribution in [0.4, 0.5) is 9.59 Å². The van der Waals surface area contributed by atoms with Crippen LogP contribution < -0.4 is 0 Å². The first kappa shape index (κ1) is 21.6. The standard InChI is InChI=1S/C19H18IN3O2S2/c1-22(2)18(24)26-16-9-12(11-21)5-7-14(16)15-8-6-13(20)10-17(15)27-19(25)23(3)4/h5-10H,1-4H3. The number of carbonyl (C=O) groups excluding carboxylic acids is 2. The Labute approximate surface area is 181 Å². The summed E-state index contributed by atoms with van der Waals surface area (Å²) in [4.78, 5) is 29.0. The lowest BCUT2D eigenvalue weighted by Crippen LogP contribution is -2.16. The van der Waals surface area contributed by atoms with Gasteiger partial charge in [-0.25, -0.2) is 0 Å². The van der Waals surface area contributed by atoms with Crippen molar-refractivity contribution in [2.24, 2.45) is 0 Å². The van der Waals surface area contributed by atoms with Gasteiger partial charge in [0.2, 0.25) is 0 Å². The first-order valence-corrected chi connectivity index (χ1v) is 10.6. The molecule has 0 aromatic heterocycles. The Balaban J connectivity index is 2.58. The van der Waals surface area contributed by atoms with E-state index in [9.17, 15) is 14.9 Å². The Hall–Kier alpha value is -1.70. The van der Waals surface area contributed by atoms with Crippen molar-refractivity contribution in [1.82, 2.24) is 9.80 Å². The number of nitriles is 1. The van der Waals surface area contributed by atoms with Gasteiger partial charge in [0.1, 0.15) is 0 Å². The van der Waals surface area contributed by atoms with Crippen LogP contribution in [0.5, 0.6) is 0 Å². The molecule has 0 saturated heterocycles. The monoisotopic (exact) mass is 511 g/mol. The summed E-state index contributed by atoms with van der Waals surface area (Å²) in [5.74, 6) is 0. The Morgan fingerprint density at radius 1 is 0.889 bits per heavy atom. The van der Waals surface area contributed by atoms with E-state index >= 15 is 0 Å². The molecule has 8 heteroatoms. The first-order chi connectivity index (χ1) is 12.7. The third kappa shape index (κ3) is 5.64. The lowest BCUT2D eigenvalue weighted by Gasteiger charge is -2.16. The van der Waals surface area contributed by atoms with Gasteiger partial charge in [-0.2, -0.15) is 5.26 Å². The van der Waals surface area contributed by atoms with E-state index in [0.717, 1.165) is 43.1 Å². The van der Waals surface area contributed by atoms with Crippen LogP contribution >= 0.6 is 46.1 Å². The van der Waals surface area contributed by atoms with E-state index < -0.39 is 0 Å². The molecule has 140 valence electrons. The smallest absolute Gasteiger partial charge is 0.285 e. The maximum atomic E-state index is 12.2. The Bertz CT molecular complexity index is 924. The zero-order valence-electron chi connectivity index (χ0n) is 15.3. The number of nitrogens with zero attached hydrogens (tertiary/aromatic N) is 3. The van der Waals surface area contributed by atoms with Gasteiger partial charge in [0.25, 0.3) is 10.5 Å². The average Bonchev–Trinajstić information content (AvgIpc) is 2.62. The number of rotatable bonds is 3. The van der Waals surface area contributed by atoms with Crippen molar-refractivity contribution >= 4 is 56.6 Å². The molecule has 2 rings (SSSR count). The highest BCUT2D eigenvalue weighted by atomic mass is 127. The van der Waals surface area contributed by atoms with Gasteiger partial charge in [-0.3, -0.25) is 9.59 Å². The predicted octanol–water partition coefficient (Wildman–Crippen LogP) is 5.38. The van der Waals surface area contributed by atoms with Crippen molar-refractivity contribution in [3.63, 3.8) is 0 Å². The molecule has 0 radical (unpaired) electrons. The fourth-order valence-electron chi connectivity index (χ4n) is 2.07. The van der Waals surface area contributed by atoms with E-state index in [2.05, 4.69) is 28.7 Å². The zero-order valence-corrected chi connectivity index (χ0v) is 19.1. The topological polar surface area (TPSA) is 64.4 Å². The molecule has 0 heterocycles. The fourth-order valence-corrected chi connectivity index (χ4v) is 4.46. The molecule has 27 heavy (non-hydrogen) atoms. The SMILES string of the molecule is CN(C)C(=O)Sc1cc(I)ccc1-c1ccc(C#N)cc1SC(=O)N(C)C. The van der Waals surface area contributed by atoms with Gasteiger partial charge in [0.15, 0.2) is 0 Å². The van der Waals surface area contributed by atoms with E-state index in [-0.39, 0.29) is 10.5 Å². The van der Waals surface area contributed by atoms with Crippen LogP contribution in [-0.2, 0) is 0 Å². The highest BCUT2D eigenvalue weighted by Gasteiger charge is 2.18. The van der Waals surface area contributed by atoms with E-state index in [1.165, 1.54) is 9.80 Å². The van der Waals surface area contributed by atoms with E-state index in [1.807, 2.05) is 24.3 Å². The second kappa shape index (κ2) is 9.48. The second-order valence-corrected chi connectivity index (χ2v) is 9.22. The summed E-state index contributed by atoms with van der Waals surface area (Å²) >= 11 is 4.42. The number of carbonyl (C=O) groups is 2. The van der Waals surface area contributed by atoms with Gasteiger partial charge in [0, 0.05) is 41.6 Å². The Morgan fingerprint density at radius 2 is 1.37 bits per heavy atom. The summed E-state index contributed by atoms with van der Waals surface area (Å²) in [6.45, 7) is 0. The summed E-state index contributed by atoms with van der Waals surface area (Å²) in [6.07, 6.45) is 0. The van der Waals surface area contributed by atoms with Gasteiger partial charge in [0.05, 0.1) is 11.6 Å². The fraction of sp³-hybridized carbons (Fsp3) is 0.211. The number of amides is 2. The maximum absolute atomic E-state index is 12.2. The number of hydrogen-bond donors (Lipinski definition) is 0. The summed E-state index contributed by atoms with van der Waals surface area (Å²) in [5.41, 5.74) is 2.16. The van der Waals surface area contributed by atoms with Crippen LogP contribution in [0.3, 0.4) is 0 Å². The molecule has 0 unspecified atom stereocenters. The molecule has 2 aromatic rings. The molecule has 0 aliphatic heterocycles. The maximum Gasteiger partial charge on any atom is 0.285 e. The molecular formula is C19H18IN3O2S2. The van der Waals surface area contributed by atoms with Crippen molar-refractivity contribution in [2.75, 3.05) is 28.2 Å². The largest absolute Gasteiger partial charge is 0.339 e. The van der Waals surface area contributed by atoms with Crippen LogP contribution in [0.1, 0.15) is 5.56 Å². The summed E-state index contributed by atoms with van der Waals surface area (Å²) < 4.78 is 1.01. The van der Waals surface area contributed by atoms with Crippen molar-refractivity contribution in [2.45, 2.75) is 9.79 Å². The van der Waals surface area contributed by atoms with Gasteiger partial charge in [-0.05, 0) is 81.5 Å². The molecular weight excluding hydrogens is 493 g/mol. The van der Waals surface area contributed by atoms with Crippen LogP contribution in [0, 0.1) is 14.9 Å². The molecule has 0 aliphatic carbocycles. The van der Waals surface area contributed by atoms with Gasteiger partial charge in [-0.15, -0.1) is 0 Å². The minimum atomic E-state index is -0.129. The van der Waals surface area contributed by atoms with Crippen molar-refractivity contribution < 1.29 is 9.59 Å². The van der Waals surface area contributed by atoms with Crippen molar-refractivity contribution in [3.05, 3.63) is 45.5 Å². The minimum Gasteiger partial charge on any atom is -0.339 e. The highest BCUT2D eigenvalue weighted by molar-refractivity contribution is 14.1. The van der Waals surface area contributed by atoms with Crippen molar-refractivity contribution in [1.29, 1.82) is 5.26 Å². The molecule has 2 aromatic carbocycles. The molecule has 0 fully saturated rings. The van der Waals surface area contributed by atoms with Gasteiger partial charge in [-0.1, -0.05) is 12.1 Å². The molecule has 0 saturated carbocycles. The Morgan fingerprint density at radius 3 is 1.85 bits per heavy atom. The second-order valence-electron chi connectivity index (χ2n) is 5.99. The third-order valence-electron chi connectivity index (χ3n) is 3.47. The molecule has 2 amide bonds. The molecule has 0 atom stereocenters. The van der Waals surface area contributed by atoms with Crippen LogP contribution in [-0.4, -0.2) is 48.5 Å². The lowest BCUT2D eigenvalue weighted by atomic mass is 10.0. The number of thioether (sulfide) groups is 2. The summed E-state index contributed by atoms with van der Waals surface area (Å²) in [6, 6.07) is 13.2. The summed E-state index contributed by atoms with van der Waals surface area (Å²) in [7, 11) is 6.79. The van der Waals surface area contributed by atoms with Crippen LogP contribution in [0.2, 0.25) is 0 Å². The number of benzene rings is 2. The highest BCUT2D eigenvalue weighted by Crippen LogP contribution is 2.39. The van der Waals surface area contributed by atoms with E-state index in [1.54, 1.807) is 40.3 Å². The van der Waals surface area contributed by atoms with Crippen LogP contribution in [0.25, 0.3) is 11.1 Å². The predicted molar refractivity (Wildman–Crippen MR) is 119 cm³/mol.